The van der Waals surface area contributed by atoms with Crippen molar-refractivity contribution in [2.24, 2.45) is 0 Å². The molecule has 0 aromatic rings. The molecular formula is C10H17AlO8. The minimum Gasteiger partial charge on any atom is -0.550 e. The first-order chi connectivity index (χ1) is 7.97. The average molecular weight is 292 g/mol. The summed E-state index contributed by atoms with van der Waals surface area (Å²) in [5, 5.41) is 34.7. The molecule has 0 fully saturated rings. The maximum absolute atomic E-state index is 9.49. The quantitative estimate of drug-likeness (QED) is 0.520. The van der Waals surface area contributed by atoms with Gasteiger partial charge in [0.05, 0.1) is 0 Å². The van der Waals surface area contributed by atoms with E-state index in [0.29, 0.717) is 6.42 Å². The average Bonchev–Trinajstić information content (AvgIpc) is 1.98. The Hall–Kier alpha value is -1.59. The third-order valence-corrected chi connectivity index (χ3v) is 0.454. The van der Waals surface area contributed by atoms with Crippen LogP contribution in [0.25, 0.3) is 0 Å². The Morgan fingerprint density at radius 1 is 0.895 bits per heavy atom. The fraction of sp³-hybridized carbons (Fsp3) is 0.600. The SMILES string of the molecule is CC(=O)O.CC(=O)[O-].CC(=O)[O-].CCCC(=O)[O-].[Al+3]. The largest absolute Gasteiger partial charge is 3.00 e. The number of aliphatic carboxylic acids is 4. The maximum Gasteiger partial charge on any atom is 3.00 e. The standard InChI is InChI=1S/C4H8O2.3C2H4O2.Al/c1-2-3-4(5)6;3*1-2(3)4;/h2-3H2,1H3,(H,5,6);3*1H3,(H,3,4);/q;;;;+3/p-3. The van der Waals surface area contributed by atoms with Crippen molar-refractivity contribution in [3.05, 3.63) is 0 Å². The molecule has 0 atom stereocenters. The van der Waals surface area contributed by atoms with Crippen LogP contribution in [0.4, 0.5) is 0 Å². The van der Waals surface area contributed by atoms with Gasteiger partial charge in [0, 0.05) is 24.8 Å². The number of carbonyl (C=O) groups is 4. The molecule has 0 radical (unpaired) electrons. The summed E-state index contributed by atoms with van der Waals surface area (Å²) in [7, 11) is 0. The van der Waals surface area contributed by atoms with Gasteiger partial charge < -0.3 is 34.8 Å². The molecule has 0 aromatic heterocycles. The van der Waals surface area contributed by atoms with Gasteiger partial charge in [0.2, 0.25) is 0 Å². The predicted octanol–water partition coefficient (Wildman–Crippen LogP) is -3.24. The van der Waals surface area contributed by atoms with E-state index in [1.807, 2.05) is 0 Å². The van der Waals surface area contributed by atoms with Gasteiger partial charge in [-0.1, -0.05) is 13.3 Å². The number of hydrogen-bond acceptors (Lipinski definition) is 7. The molecule has 0 unspecified atom stereocenters. The monoisotopic (exact) mass is 292 g/mol. The molecule has 9 heteroatoms. The molecule has 0 saturated carbocycles. The third-order valence-electron chi connectivity index (χ3n) is 0.454. The van der Waals surface area contributed by atoms with Crippen LogP contribution in [-0.4, -0.2) is 46.3 Å². The van der Waals surface area contributed by atoms with Crippen molar-refractivity contribution in [3.63, 3.8) is 0 Å². The molecule has 0 aliphatic heterocycles. The van der Waals surface area contributed by atoms with Crippen LogP contribution in [0.2, 0.25) is 0 Å². The second kappa shape index (κ2) is 25.3. The molecule has 19 heavy (non-hydrogen) atoms. The summed E-state index contributed by atoms with van der Waals surface area (Å²) in [6.45, 7) is 4.83. The number of rotatable bonds is 2. The van der Waals surface area contributed by atoms with Gasteiger partial charge >= 0.3 is 17.4 Å². The van der Waals surface area contributed by atoms with Crippen LogP contribution < -0.4 is 15.3 Å². The van der Waals surface area contributed by atoms with E-state index in [1.165, 1.54) is 0 Å². The molecule has 8 nitrogen and oxygen atoms in total. The molecule has 0 amide bonds. The van der Waals surface area contributed by atoms with Gasteiger partial charge in [0.25, 0.3) is 5.97 Å². The van der Waals surface area contributed by atoms with Crippen molar-refractivity contribution in [3.8, 4) is 0 Å². The van der Waals surface area contributed by atoms with Crippen LogP contribution in [0.5, 0.6) is 0 Å². The summed E-state index contributed by atoms with van der Waals surface area (Å²) < 4.78 is 0. The van der Waals surface area contributed by atoms with Crippen LogP contribution in [-0.2, 0) is 19.2 Å². The summed E-state index contributed by atoms with van der Waals surface area (Å²) in [5.74, 6) is -3.96. The Morgan fingerprint density at radius 2 is 1.05 bits per heavy atom. The van der Waals surface area contributed by atoms with E-state index in [9.17, 15) is 9.90 Å². The second-order valence-corrected chi connectivity index (χ2v) is 2.62. The van der Waals surface area contributed by atoms with E-state index in [1.54, 1.807) is 6.92 Å². The van der Waals surface area contributed by atoms with Crippen LogP contribution >= 0.6 is 0 Å². The zero-order valence-electron chi connectivity index (χ0n) is 11.3. The molecule has 0 spiro atoms. The van der Waals surface area contributed by atoms with Crippen molar-refractivity contribution in [2.45, 2.75) is 40.5 Å². The first-order valence-corrected chi connectivity index (χ1v) is 4.71. The van der Waals surface area contributed by atoms with Crippen LogP contribution in [0, 0.1) is 0 Å². The van der Waals surface area contributed by atoms with E-state index < -0.39 is 23.9 Å². The number of carboxylic acid groups (broad SMARTS) is 4. The Labute approximate surface area is 122 Å². The molecule has 0 heterocycles. The molecule has 0 aliphatic carbocycles. The summed E-state index contributed by atoms with van der Waals surface area (Å²) in [6.07, 6.45) is 0.850. The molecule has 108 valence electrons. The second-order valence-electron chi connectivity index (χ2n) is 2.62. The molecule has 0 aliphatic rings. The van der Waals surface area contributed by atoms with Gasteiger partial charge in [-0.2, -0.15) is 0 Å². The van der Waals surface area contributed by atoms with Crippen molar-refractivity contribution in [1.82, 2.24) is 0 Å². The van der Waals surface area contributed by atoms with Crippen molar-refractivity contribution in [1.29, 1.82) is 0 Å². The fourth-order valence-electron chi connectivity index (χ4n) is 0.204. The van der Waals surface area contributed by atoms with Gasteiger partial charge in [-0.3, -0.25) is 4.79 Å². The molecule has 0 aromatic carbocycles. The molecule has 0 bridgehead atoms. The van der Waals surface area contributed by atoms with Crippen LogP contribution in [0.3, 0.4) is 0 Å². The van der Waals surface area contributed by atoms with Gasteiger partial charge in [-0.15, -0.1) is 0 Å². The van der Waals surface area contributed by atoms with Crippen molar-refractivity contribution < 1.29 is 39.6 Å². The summed E-state index contributed by atoms with van der Waals surface area (Å²) in [6, 6.07) is 0. The Balaban J connectivity index is -0.0000000459. The number of hydrogen-bond donors (Lipinski definition) is 1. The normalized spacial score (nSPS) is 6.53. The van der Waals surface area contributed by atoms with Gasteiger partial charge in [0.1, 0.15) is 0 Å². The zero-order valence-corrected chi connectivity index (χ0v) is 12.5. The Morgan fingerprint density at radius 3 is 1.05 bits per heavy atom. The van der Waals surface area contributed by atoms with E-state index in [2.05, 4.69) is 0 Å². The third kappa shape index (κ3) is 1710. The number of carbonyl (C=O) groups excluding carboxylic acids is 3. The first kappa shape index (κ1) is 30.4. The smallest absolute Gasteiger partial charge is 0.550 e. The molecule has 0 rings (SSSR count). The van der Waals surface area contributed by atoms with Crippen LogP contribution in [0.15, 0.2) is 0 Å². The minimum absolute atomic E-state index is 0. The zero-order chi connectivity index (χ0) is 15.7. The van der Waals surface area contributed by atoms with Gasteiger partial charge in [-0.25, -0.2) is 0 Å². The number of carboxylic acids is 4. The van der Waals surface area contributed by atoms with Gasteiger partial charge in [0.15, 0.2) is 0 Å². The Bertz CT molecular complexity index is 211. The van der Waals surface area contributed by atoms with Crippen molar-refractivity contribution >= 4 is 41.2 Å². The van der Waals surface area contributed by atoms with E-state index in [0.717, 1.165) is 20.8 Å². The van der Waals surface area contributed by atoms with E-state index >= 15 is 0 Å². The molecule has 1 N–H and O–H groups in total. The van der Waals surface area contributed by atoms with E-state index in [-0.39, 0.29) is 23.8 Å². The summed E-state index contributed by atoms with van der Waals surface area (Å²) >= 11 is 0. The van der Waals surface area contributed by atoms with Crippen LogP contribution in [0.1, 0.15) is 40.5 Å². The maximum atomic E-state index is 9.49. The first-order valence-electron chi connectivity index (χ1n) is 4.71. The summed E-state index contributed by atoms with van der Waals surface area (Å²) in [5.41, 5.74) is 0. The molecular weight excluding hydrogens is 275 g/mol. The molecule has 0 saturated heterocycles. The predicted molar refractivity (Wildman–Crippen MR) is 60.3 cm³/mol. The van der Waals surface area contributed by atoms with Gasteiger partial charge in [-0.05, 0) is 20.3 Å². The minimum atomic E-state index is -1.08. The van der Waals surface area contributed by atoms with Crippen molar-refractivity contribution in [2.75, 3.05) is 0 Å². The summed E-state index contributed by atoms with van der Waals surface area (Å²) in [4.78, 5) is 36.3. The topological polar surface area (TPSA) is 158 Å². The Kier molecular flexibility index (Phi) is 40.5. The van der Waals surface area contributed by atoms with E-state index in [4.69, 9.17) is 29.7 Å². The fourth-order valence-corrected chi connectivity index (χ4v) is 0.204.